The van der Waals surface area contributed by atoms with Gasteiger partial charge in [-0.05, 0) is 57.3 Å². The Bertz CT molecular complexity index is 238. The van der Waals surface area contributed by atoms with Crippen LogP contribution in [-0.4, -0.2) is 36.6 Å². The molecule has 106 valence electrons. The third kappa shape index (κ3) is 3.46. The van der Waals surface area contributed by atoms with Gasteiger partial charge in [-0.1, -0.05) is 6.92 Å². The summed E-state index contributed by atoms with van der Waals surface area (Å²) in [5.41, 5.74) is -0.0593. The Kier molecular flexibility index (Phi) is 5.46. The van der Waals surface area contributed by atoms with Crippen LogP contribution in [0.4, 0.5) is 0 Å². The molecule has 0 radical (unpaired) electrons. The van der Waals surface area contributed by atoms with Crippen molar-refractivity contribution in [3.63, 3.8) is 0 Å². The van der Waals surface area contributed by atoms with Gasteiger partial charge in [0.1, 0.15) is 0 Å². The molecule has 0 spiro atoms. The summed E-state index contributed by atoms with van der Waals surface area (Å²) >= 11 is 0. The fourth-order valence-electron chi connectivity index (χ4n) is 3.54. The fraction of sp³-hybridized carbons (Fsp3) is 1.00. The summed E-state index contributed by atoms with van der Waals surface area (Å²) in [5, 5.41) is 9.28. The van der Waals surface area contributed by atoms with Crippen LogP contribution in [0.25, 0.3) is 0 Å². The molecule has 3 heteroatoms. The maximum Gasteiger partial charge on any atom is 0.0708 e. The van der Waals surface area contributed by atoms with Crippen molar-refractivity contribution in [3.05, 3.63) is 0 Å². The molecule has 0 aromatic carbocycles. The minimum absolute atomic E-state index is 0.0593. The van der Waals surface area contributed by atoms with Crippen molar-refractivity contribution >= 4 is 0 Å². The van der Waals surface area contributed by atoms with Crippen LogP contribution in [0.1, 0.15) is 58.3 Å². The summed E-state index contributed by atoms with van der Waals surface area (Å²) in [6.45, 7) is 4.13. The summed E-state index contributed by atoms with van der Waals surface area (Å²) in [7, 11) is 0. The molecule has 3 nitrogen and oxygen atoms in total. The molecule has 1 aliphatic carbocycles. The molecule has 0 aromatic rings. The standard InChI is InChI=1S/C15H28O3/c1-2-10-18-15(8-9-16)7-6-13(12-15)14-5-3-4-11-17-14/h13-14,16H,2-12H2,1H3. The van der Waals surface area contributed by atoms with Crippen LogP contribution in [0.5, 0.6) is 0 Å². The Morgan fingerprint density at radius 3 is 2.89 bits per heavy atom. The Morgan fingerprint density at radius 2 is 2.22 bits per heavy atom. The first kappa shape index (κ1) is 14.3. The third-order valence-electron chi connectivity index (χ3n) is 4.53. The molecule has 2 rings (SSSR count). The molecule has 0 amide bonds. The zero-order valence-corrected chi connectivity index (χ0v) is 11.7. The monoisotopic (exact) mass is 256 g/mol. The largest absolute Gasteiger partial charge is 0.396 e. The van der Waals surface area contributed by atoms with E-state index >= 15 is 0 Å². The van der Waals surface area contributed by atoms with Gasteiger partial charge < -0.3 is 14.6 Å². The van der Waals surface area contributed by atoms with Crippen LogP contribution in [0.15, 0.2) is 0 Å². The van der Waals surface area contributed by atoms with Gasteiger partial charge in [-0.3, -0.25) is 0 Å². The van der Waals surface area contributed by atoms with Crippen molar-refractivity contribution in [2.45, 2.75) is 70.0 Å². The molecule has 0 aromatic heterocycles. The van der Waals surface area contributed by atoms with Crippen molar-refractivity contribution in [3.8, 4) is 0 Å². The zero-order chi connectivity index (χ0) is 12.8. The predicted octanol–water partition coefficient (Wildman–Crippen LogP) is 2.90. The van der Waals surface area contributed by atoms with E-state index in [-0.39, 0.29) is 12.2 Å². The normalized spacial score (nSPS) is 37.0. The van der Waals surface area contributed by atoms with Crippen LogP contribution >= 0.6 is 0 Å². The molecule has 1 aliphatic heterocycles. The molecule has 18 heavy (non-hydrogen) atoms. The van der Waals surface area contributed by atoms with E-state index in [0.717, 1.165) is 38.9 Å². The van der Waals surface area contributed by atoms with Crippen LogP contribution in [0.2, 0.25) is 0 Å². The topological polar surface area (TPSA) is 38.7 Å². The lowest BCUT2D eigenvalue weighted by Gasteiger charge is -2.32. The lowest BCUT2D eigenvalue weighted by Crippen LogP contribution is -2.33. The van der Waals surface area contributed by atoms with E-state index in [1.54, 1.807) is 0 Å². The summed E-state index contributed by atoms with van der Waals surface area (Å²) in [4.78, 5) is 0. The van der Waals surface area contributed by atoms with E-state index in [4.69, 9.17) is 9.47 Å². The summed E-state index contributed by atoms with van der Waals surface area (Å²) in [6.07, 6.45) is 9.41. The van der Waals surface area contributed by atoms with Crippen LogP contribution in [-0.2, 0) is 9.47 Å². The highest BCUT2D eigenvalue weighted by atomic mass is 16.5. The number of rotatable bonds is 6. The summed E-state index contributed by atoms with van der Waals surface area (Å²) < 4.78 is 12.0. The number of aliphatic hydroxyl groups excluding tert-OH is 1. The van der Waals surface area contributed by atoms with Gasteiger partial charge >= 0.3 is 0 Å². The summed E-state index contributed by atoms with van der Waals surface area (Å²) in [5.74, 6) is 0.647. The van der Waals surface area contributed by atoms with Crippen LogP contribution in [0.3, 0.4) is 0 Å². The van der Waals surface area contributed by atoms with Gasteiger partial charge in [-0.15, -0.1) is 0 Å². The van der Waals surface area contributed by atoms with Gasteiger partial charge in [0, 0.05) is 19.8 Å². The molecule has 3 unspecified atom stereocenters. The molecule has 3 atom stereocenters. The Balaban J connectivity index is 1.89. The lowest BCUT2D eigenvalue weighted by molar-refractivity contribution is -0.0700. The SMILES string of the molecule is CCCOC1(CCO)CCC(C2CCCCO2)C1. The highest BCUT2D eigenvalue weighted by Crippen LogP contribution is 2.43. The smallest absolute Gasteiger partial charge is 0.0708 e. The van der Waals surface area contributed by atoms with Gasteiger partial charge in [-0.2, -0.15) is 0 Å². The highest BCUT2D eigenvalue weighted by molar-refractivity contribution is 4.94. The van der Waals surface area contributed by atoms with Crippen LogP contribution < -0.4 is 0 Å². The first-order valence-corrected chi connectivity index (χ1v) is 7.66. The van der Waals surface area contributed by atoms with Crippen molar-refractivity contribution in [2.75, 3.05) is 19.8 Å². The van der Waals surface area contributed by atoms with Crippen molar-refractivity contribution in [1.82, 2.24) is 0 Å². The molecule has 2 aliphatic rings. The van der Waals surface area contributed by atoms with Crippen LogP contribution in [0, 0.1) is 5.92 Å². The Labute approximate surface area is 111 Å². The second-order valence-corrected chi connectivity index (χ2v) is 5.91. The van der Waals surface area contributed by atoms with Crippen molar-refractivity contribution < 1.29 is 14.6 Å². The number of hydrogen-bond acceptors (Lipinski definition) is 3. The zero-order valence-electron chi connectivity index (χ0n) is 11.7. The van der Waals surface area contributed by atoms with E-state index in [1.165, 1.54) is 25.7 Å². The molecule has 1 saturated heterocycles. The molecule has 1 N–H and O–H groups in total. The van der Waals surface area contributed by atoms with Gasteiger partial charge in [0.15, 0.2) is 0 Å². The second-order valence-electron chi connectivity index (χ2n) is 5.91. The average molecular weight is 256 g/mol. The van der Waals surface area contributed by atoms with Gasteiger partial charge in [0.2, 0.25) is 0 Å². The van der Waals surface area contributed by atoms with E-state index in [1.807, 2.05) is 0 Å². The second kappa shape index (κ2) is 6.88. The first-order valence-electron chi connectivity index (χ1n) is 7.66. The van der Waals surface area contributed by atoms with E-state index in [2.05, 4.69) is 6.92 Å². The Morgan fingerprint density at radius 1 is 1.33 bits per heavy atom. The number of aliphatic hydroxyl groups is 1. The molecule has 1 heterocycles. The van der Waals surface area contributed by atoms with E-state index in [9.17, 15) is 5.11 Å². The quantitative estimate of drug-likeness (QED) is 0.794. The third-order valence-corrected chi connectivity index (χ3v) is 4.53. The highest BCUT2D eigenvalue weighted by Gasteiger charge is 2.42. The first-order chi connectivity index (χ1) is 8.79. The summed E-state index contributed by atoms with van der Waals surface area (Å²) in [6, 6.07) is 0. The minimum Gasteiger partial charge on any atom is -0.396 e. The van der Waals surface area contributed by atoms with Gasteiger partial charge in [0.25, 0.3) is 0 Å². The molecule has 1 saturated carbocycles. The maximum atomic E-state index is 9.28. The Hall–Kier alpha value is -0.120. The number of ether oxygens (including phenoxy) is 2. The van der Waals surface area contributed by atoms with Gasteiger partial charge in [-0.25, -0.2) is 0 Å². The minimum atomic E-state index is -0.0593. The van der Waals surface area contributed by atoms with Crippen molar-refractivity contribution in [2.24, 2.45) is 5.92 Å². The van der Waals surface area contributed by atoms with E-state index in [0.29, 0.717) is 12.0 Å². The number of hydrogen-bond donors (Lipinski definition) is 1. The lowest BCUT2D eigenvalue weighted by atomic mass is 9.91. The van der Waals surface area contributed by atoms with Crippen molar-refractivity contribution in [1.29, 1.82) is 0 Å². The molecule has 0 bridgehead atoms. The van der Waals surface area contributed by atoms with E-state index < -0.39 is 0 Å². The molecule has 2 fully saturated rings. The molecular weight excluding hydrogens is 228 g/mol. The predicted molar refractivity (Wildman–Crippen MR) is 71.6 cm³/mol. The fourth-order valence-corrected chi connectivity index (χ4v) is 3.54. The molecular formula is C15H28O3. The average Bonchev–Trinajstić information content (AvgIpc) is 2.83. The van der Waals surface area contributed by atoms with Gasteiger partial charge in [0.05, 0.1) is 11.7 Å². The maximum absolute atomic E-state index is 9.28.